The molecule has 0 radical (unpaired) electrons. The SMILES string of the molecule is NC(Cc1cncc(Br)c1)C12CC3CC(CC(C3)C1)C2. The van der Waals surface area contributed by atoms with Crippen LogP contribution in [-0.4, -0.2) is 11.0 Å². The van der Waals surface area contributed by atoms with E-state index in [0.29, 0.717) is 11.5 Å². The first kappa shape index (κ1) is 13.3. The fraction of sp³-hybridized carbons (Fsp3) is 0.706. The third-order valence-corrected chi connectivity index (χ3v) is 6.52. The molecule has 5 rings (SSSR count). The van der Waals surface area contributed by atoms with Gasteiger partial charge in [0.25, 0.3) is 0 Å². The summed E-state index contributed by atoms with van der Waals surface area (Å²) >= 11 is 3.51. The molecule has 108 valence electrons. The first-order chi connectivity index (χ1) is 9.63. The first-order valence-corrected chi connectivity index (χ1v) is 8.77. The summed E-state index contributed by atoms with van der Waals surface area (Å²) in [5.41, 5.74) is 8.43. The molecule has 3 heteroatoms. The monoisotopic (exact) mass is 334 g/mol. The number of hydrogen-bond acceptors (Lipinski definition) is 2. The maximum atomic E-state index is 6.71. The maximum Gasteiger partial charge on any atom is 0.0410 e. The molecule has 1 heterocycles. The Balaban J connectivity index is 1.54. The van der Waals surface area contributed by atoms with Gasteiger partial charge in [-0.15, -0.1) is 0 Å². The average Bonchev–Trinajstić information content (AvgIpc) is 2.37. The number of aromatic nitrogens is 1. The van der Waals surface area contributed by atoms with Gasteiger partial charge in [-0.2, -0.15) is 0 Å². The zero-order chi connectivity index (χ0) is 13.7. The molecule has 1 aromatic heterocycles. The van der Waals surface area contributed by atoms with Crippen LogP contribution in [0.5, 0.6) is 0 Å². The molecule has 4 aliphatic rings. The molecule has 1 atom stereocenters. The van der Waals surface area contributed by atoms with Crippen LogP contribution in [-0.2, 0) is 6.42 Å². The Morgan fingerprint density at radius 3 is 2.30 bits per heavy atom. The smallest absolute Gasteiger partial charge is 0.0410 e. The standard InChI is InChI=1S/C17H23BrN2/c18-15-4-14(9-20-10-15)5-16(19)17-6-11-1-12(7-17)3-13(2-11)8-17/h4,9-13,16H,1-3,5-8,19H2. The van der Waals surface area contributed by atoms with Crippen LogP contribution in [0.2, 0.25) is 0 Å². The van der Waals surface area contributed by atoms with Gasteiger partial charge in [0.1, 0.15) is 0 Å². The molecule has 0 amide bonds. The van der Waals surface area contributed by atoms with E-state index in [-0.39, 0.29) is 0 Å². The molecule has 1 unspecified atom stereocenters. The molecule has 1 aromatic rings. The second-order valence-corrected chi connectivity index (χ2v) is 8.52. The van der Waals surface area contributed by atoms with E-state index in [1.54, 1.807) is 0 Å². The first-order valence-electron chi connectivity index (χ1n) is 7.98. The van der Waals surface area contributed by atoms with Gasteiger partial charge in [-0.25, -0.2) is 0 Å². The third kappa shape index (κ3) is 2.23. The lowest BCUT2D eigenvalue weighted by molar-refractivity contribution is -0.0667. The lowest BCUT2D eigenvalue weighted by Gasteiger charge is -2.59. The molecule has 2 nitrogen and oxygen atoms in total. The summed E-state index contributed by atoms with van der Waals surface area (Å²) in [6, 6.07) is 2.49. The highest BCUT2D eigenvalue weighted by molar-refractivity contribution is 9.10. The zero-order valence-corrected chi connectivity index (χ0v) is 13.5. The van der Waals surface area contributed by atoms with Crippen molar-refractivity contribution in [1.82, 2.24) is 4.98 Å². The van der Waals surface area contributed by atoms with Crippen molar-refractivity contribution in [3.8, 4) is 0 Å². The fourth-order valence-electron chi connectivity index (χ4n) is 5.67. The van der Waals surface area contributed by atoms with Gasteiger partial charge in [0, 0.05) is 22.9 Å². The summed E-state index contributed by atoms with van der Waals surface area (Å²) in [5, 5.41) is 0. The van der Waals surface area contributed by atoms with Crippen LogP contribution in [0.4, 0.5) is 0 Å². The van der Waals surface area contributed by atoms with E-state index in [4.69, 9.17) is 5.73 Å². The van der Waals surface area contributed by atoms with Gasteiger partial charge < -0.3 is 5.73 Å². The van der Waals surface area contributed by atoms with Gasteiger partial charge in [0.05, 0.1) is 0 Å². The van der Waals surface area contributed by atoms with E-state index in [9.17, 15) is 0 Å². The van der Waals surface area contributed by atoms with Crippen LogP contribution in [0.15, 0.2) is 22.9 Å². The lowest BCUT2D eigenvalue weighted by atomic mass is 9.47. The van der Waals surface area contributed by atoms with Gasteiger partial charge in [0.2, 0.25) is 0 Å². The highest BCUT2D eigenvalue weighted by Crippen LogP contribution is 2.61. The largest absolute Gasteiger partial charge is 0.327 e. The van der Waals surface area contributed by atoms with Crippen LogP contribution in [0.25, 0.3) is 0 Å². The summed E-state index contributed by atoms with van der Waals surface area (Å²) in [7, 11) is 0. The second-order valence-electron chi connectivity index (χ2n) is 7.60. The van der Waals surface area contributed by atoms with Crippen molar-refractivity contribution in [3.05, 3.63) is 28.5 Å². The normalized spacial score (nSPS) is 40.0. The van der Waals surface area contributed by atoms with Gasteiger partial charge in [-0.3, -0.25) is 4.98 Å². The number of rotatable bonds is 3. The van der Waals surface area contributed by atoms with Crippen LogP contribution >= 0.6 is 15.9 Å². The van der Waals surface area contributed by atoms with Crippen molar-refractivity contribution in [2.24, 2.45) is 28.9 Å². The van der Waals surface area contributed by atoms with Gasteiger partial charge in [-0.05, 0) is 95.7 Å². The van der Waals surface area contributed by atoms with Crippen LogP contribution < -0.4 is 5.73 Å². The number of nitrogens with zero attached hydrogens (tertiary/aromatic N) is 1. The molecule has 2 N–H and O–H groups in total. The predicted octanol–water partition coefficient (Wildman–Crippen LogP) is 3.93. The Hall–Kier alpha value is -0.410. The minimum atomic E-state index is 0.312. The molecular weight excluding hydrogens is 312 g/mol. The van der Waals surface area contributed by atoms with E-state index < -0.39 is 0 Å². The molecular formula is C17H23BrN2. The molecule has 20 heavy (non-hydrogen) atoms. The second kappa shape index (κ2) is 4.81. The molecule has 0 spiro atoms. The fourth-order valence-corrected chi connectivity index (χ4v) is 6.08. The van der Waals surface area contributed by atoms with E-state index in [1.807, 2.05) is 12.4 Å². The Bertz CT molecular complexity index is 478. The van der Waals surface area contributed by atoms with E-state index in [2.05, 4.69) is 27.0 Å². The zero-order valence-electron chi connectivity index (χ0n) is 11.9. The van der Waals surface area contributed by atoms with Crippen molar-refractivity contribution in [1.29, 1.82) is 0 Å². The van der Waals surface area contributed by atoms with Gasteiger partial charge in [-0.1, -0.05) is 0 Å². The predicted molar refractivity (Wildman–Crippen MR) is 84.2 cm³/mol. The minimum Gasteiger partial charge on any atom is -0.327 e. The molecule has 4 aliphatic carbocycles. The number of pyridine rings is 1. The van der Waals surface area contributed by atoms with Crippen LogP contribution in [0.3, 0.4) is 0 Å². The van der Waals surface area contributed by atoms with E-state index in [0.717, 1.165) is 28.6 Å². The molecule has 0 aliphatic heterocycles. The summed E-state index contributed by atoms with van der Waals surface area (Å²) < 4.78 is 1.06. The van der Waals surface area contributed by atoms with E-state index in [1.165, 1.54) is 44.1 Å². The number of halogens is 1. The summed E-state index contributed by atoms with van der Waals surface area (Å²) in [4.78, 5) is 4.28. The van der Waals surface area contributed by atoms with Crippen molar-refractivity contribution < 1.29 is 0 Å². The van der Waals surface area contributed by atoms with Crippen molar-refractivity contribution >= 4 is 15.9 Å². The quantitative estimate of drug-likeness (QED) is 0.909. The highest BCUT2D eigenvalue weighted by Gasteiger charge is 2.53. The summed E-state index contributed by atoms with van der Waals surface area (Å²) in [5.74, 6) is 2.94. The number of nitrogens with two attached hydrogens (primary N) is 1. The molecule has 4 fully saturated rings. The minimum absolute atomic E-state index is 0.312. The summed E-state index contributed by atoms with van der Waals surface area (Å²) in [6.45, 7) is 0. The van der Waals surface area contributed by atoms with Crippen LogP contribution in [0.1, 0.15) is 44.1 Å². The van der Waals surface area contributed by atoms with Gasteiger partial charge >= 0.3 is 0 Å². The number of hydrogen-bond donors (Lipinski definition) is 1. The van der Waals surface area contributed by atoms with Crippen LogP contribution in [0, 0.1) is 23.2 Å². The third-order valence-electron chi connectivity index (χ3n) is 6.09. The van der Waals surface area contributed by atoms with Crippen molar-refractivity contribution in [2.45, 2.75) is 51.0 Å². The van der Waals surface area contributed by atoms with Crippen molar-refractivity contribution in [3.63, 3.8) is 0 Å². The van der Waals surface area contributed by atoms with E-state index >= 15 is 0 Å². The topological polar surface area (TPSA) is 38.9 Å². The average molecular weight is 335 g/mol. The van der Waals surface area contributed by atoms with Gasteiger partial charge in [0.15, 0.2) is 0 Å². The van der Waals surface area contributed by atoms with Crippen molar-refractivity contribution in [2.75, 3.05) is 0 Å². The maximum absolute atomic E-state index is 6.71. The molecule has 4 bridgehead atoms. The Labute approximate surface area is 129 Å². The Morgan fingerprint density at radius 1 is 1.15 bits per heavy atom. The lowest BCUT2D eigenvalue weighted by Crippen LogP contribution is -2.55. The highest BCUT2D eigenvalue weighted by atomic mass is 79.9. The molecule has 0 saturated heterocycles. The Kier molecular flexibility index (Phi) is 3.19. The summed E-state index contributed by atoms with van der Waals surface area (Å²) in [6.07, 6.45) is 13.5. The molecule has 0 aromatic carbocycles. The Morgan fingerprint density at radius 2 is 1.75 bits per heavy atom. The molecule has 4 saturated carbocycles.